The predicted octanol–water partition coefficient (Wildman–Crippen LogP) is 2.72. The Morgan fingerprint density at radius 3 is 2.39 bits per heavy atom. The molecule has 0 aromatic carbocycles. The maximum absolute atomic E-state index is 12.4. The molecule has 1 saturated heterocycles. The van der Waals surface area contributed by atoms with Gasteiger partial charge in [-0.15, -0.1) is 0 Å². The van der Waals surface area contributed by atoms with Crippen LogP contribution in [0.5, 0.6) is 0 Å². The molecule has 3 heteroatoms. The van der Waals surface area contributed by atoms with Crippen LogP contribution in [0.1, 0.15) is 65.2 Å². The standard InChI is InChI=1S/C15H27NO2/c1-3-7-15(18,8-4-2)10-14(17)16-11-12-5-6-13(16)9-12/h12-13,18H,3-11H2,1-2H3. The Bertz CT molecular complexity index is 297. The number of carbonyl (C=O) groups is 1. The van der Waals surface area contributed by atoms with Crippen molar-refractivity contribution in [1.82, 2.24) is 4.90 Å². The first-order valence-electron chi connectivity index (χ1n) is 7.60. The maximum Gasteiger partial charge on any atom is 0.225 e. The van der Waals surface area contributed by atoms with Crippen LogP contribution in [0.2, 0.25) is 0 Å². The summed E-state index contributed by atoms with van der Waals surface area (Å²) in [6, 6.07) is 0.481. The van der Waals surface area contributed by atoms with E-state index in [1.807, 2.05) is 4.90 Å². The number of aliphatic hydroxyl groups is 1. The second-order valence-corrected chi connectivity index (χ2v) is 6.28. The molecule has 2 rings (SSSR count). The van der Waals surface area contributed by atoms with Crippen molar-refractivity contribution in [2.75, 3.05) is 6.54 Å². The van der Waals surface area contributed by atoms with Gasteiger partial charge < -0.3 is 10.0 Å². The van der Waals surface area contributed by atoms with Crippen molar-refractivity contribution >= 4 is 5.91 Å². The van der Waals surface area contributed by atoms with E-state index in [0.29, 0.717) is 12.5 Å². The van der Waals surface area contributed by atoms with E-state index in [-0.39, 0.29) is 5.91 Å². The molecule has 2 fully saturated rings. The first kappa shape index (κ1) is 13.9. The third kappa shape index (κ3) is 2.87. The molecule has 1 aliphatic heterocycles. The third-order valence-corrected chi connectivity index (χ3v) is 4.64. The molecule has 1 aliphatic carbocycles. The molecule has 2 unspecified atom stereocenters. The zero-order chi connectivity index (χ0) is 13.2. The number of likely N-dealkylation sites (tertiary alicyclic amines) is 1. The average molecular weight is 253 g/mol. The lowest BCUT2D eigenvalue weighted by molar-refractivity contribution is -0.138. The van der Waals surface area contributed by atoms with E-state index >= 15 is 0 Å². The van der Waals surface area contributed by atoms with Crippen LogP contribution in [0.25, 0.3) is 0 Å². The SMILES string of the molecule is CCCC(O)(CCC)CC(=O)N1CC2CCC1C2. The van der Waals surface area contributed by atoms with Crippen LogP contribution in [0.3, 0.4) is 0 Å². The molecular weight excluding hydrogens is 226 g/mol. The van der Waals surface area contributed by atoms with Crippen LogP contribution >= 0.6 is 0 Å². The van der Waals surface area contributed by atoms with Gasteiger partial charge in [0.25, 0.3) is 0 Å². The second-order valence-electron chi connectivity index (χ2n) is 6.28. The van der Waals surface area contributed by atoms with E-state index in [9.17, 15) is 9.90 Å². The molecule has 0 radical (unpaired) electrons. The molecule has 104 valence electrons. The van der Waals surface area contributed by atoms with Gasteiger partial charge in [0.05, 0.1) is 12.0 Å². The number of fused-ring (bicyclic) bond motifs is 2. The molecule has 18 heavy (non-hydrogen) atoms. The number of hydrogen-bond acceptors (Lipinski definition) is 2. The van der Waals surface area contributed by atoms with Crippen LogP contribution in [0.15, 0.2) is 0 Å². The fourth-order valence-electron chi connectivity index (χ4n) is 3.85. The van der Waals surface area contributed by atoms with E-state index < -0.39 is 5.60 Å². The molecule has 0 aromatic rings. The van der Waals surface area contributed by atoms with Crippen molar-refractivity contribution < 1.29 is 9.90 Å². The van der Waals surface area contributed by atoms with E-state index in [0.717, 1.165) is 38.1 Å². The number of piperidine rings is 1. The molecule has 2 aliphatic rings. The van der Waals surface area contributed by atoms with Crippen molar-refractivity contribution in [2.45, 2.75) is 76.9 Å². The summed E-state index contributed by atoms with van der Waals surface area (Å²) in [5.74, 6) is 0.927. The summed E-state index contributed by atoms with van der Waals surface area (Å²) in [5, 5.41) is 10.6. The first-order valence-corrected chi connectivity index (χ1v) is 7.60. The number of hydrogen-bond donors (Lipinski definition) is 1. The highest BCUT2D eigenvalue weighted by Gasteiger charge is 2.41. The number of rotatable bonds is 6. The van der Waals surface area contributed by atoms with Gasteiger partial charge in [0, 0.05) is 12.6 Å². The zero-order valence-corrected chi connectivity index (χ0v) is 11.8. The minimum atomic E-state index is -0.761. The predicted molar refractivity (Wildman–Crippen MR) is 72.2 cm³/mol. The normalized spacial score (nSPS) is 26.9. The van der Waals surface area contributed by atoms with Gasteiger partial charge in [-0.2, -0.15) is 0 Å². The van der Waals surface area contributed by atoms with Crippen LogP contribution in [-0.2, 0) is 4.79 Å². The van der Waals surface area contributed by atoms with Gasteiger partial charge in [-0.25, -0.2) is 0 Å². The number of nitrogens with zero attached hydrogens (tertiary/aromatic N) is 1. The maximum atomic E-state index is 12.4. The summed E-state index contributed by atoms with van der Waals surface area (Å²) in [7, 11) is 0. The van der Waals surface area contributed by atoms with Crippen molar-refractivity contribution in [3.8, 4) is 0 Å². The lowest BCUT2D eigenvalue weighted by atomic mass is 9.88. The lowest BCUT2D eigenvalue weighted by Gasteiger charge is -2.32. The van der Waals surface area contributed by atoms with Crippen LogP contribution in [0.4, 0.5) is 0 Å². The smallest absolute Gasteiger partial charge is 0.225 e. The molecule has 1 heterocycles. The topological polar surface area (TPSA) is 40.5 Å². The van der Waals surface area contributed by atoms with Gasteiger partial charge in [0.15, 0.2) is 0 Å². The third-order valence-electron chi connectivity index (χ3n) is 4.64. The molecule has 1 saturated carbocycles. The molecule has 2 bridgehead atoms. The summed E-state index contributed by atoms with van der Waals surface area (Å²) in [6.07, 6.45) is 7.37. The van der Waals surface area contributed by atoms with Gasteiger partial charge in [0.1, 0.15) is 0 Å². The molecular formula is C15H27NO2. The van der Waals surface area contributed by atoms with Gasteiger partial charge >= 0.3 is 0 Å². The quantitative estimate of drug-likeness (QED) is 0.790. The zero-order valence-electron chi connectivity index (χ0n) is 11.8. The number of amides is 1. The first-order chi connectivity index (χ1) is 8.58. The highest BCUT2D eigenvalue weighted by atomic mass is 16.3. The Balaban J connectivity index is 1.92. The Hall–Kier alpha value is -0.570. The van der Waals surface area contributed by atoms with E-state index in [4.69, 9.17) is 0 Å². The Morgan fingerprint density at radius 2 is 1.94 bits per heavy atom. The van der Waals surface area contributed by atoms with Crippen molar-refractivity contribution in [2.24, 2.45) is 5.92 Å². The molecule has 3 nitrogen and oxygen atoms in total. The summed E-state index contributed by atoms with van der Waals surface area (Å²) in [5.41, 5.74) is -0.761. The number of carbonyl (C=O) groups excluding carboxylic acids is 1. The van der Waals surface area contributed by atoms with E-state index in [2.05, 4.69) is 13.8 Å². The van der Waals surface area contributed by atoms with E-state index in [1.54, 1.807) is 0 Å². The molecule has 0 spiro atoms. The highest BCUT2D eigenvalue weighted by Crippen LogP contribution is 2.38. The highest BCUT2D eigenvalue weighted by molar-refractivity contribution is 5.78. The average Bonchev–Trinajstić information content (AvgIpc) is 2.90. The van der Waals surface area contributed by atoms with Crippen LogP contribution in [-0.4, -0.2) is 34.1 Å². The van der Waals surface area contributed by atoms with Crippen molar-refractivity contribution in [1.29, 1.82) is 0 Å². The van der Waals surface area contributed by atoms with Crippen molar-refractivity contribution in [3.05, 3.63) is 0 Å². The largest absolute Gasteiger partial charge is 0.389 e. The summed E-state index contributed by atoms with van der Waals surface area (Å²) in [6.45, 7) is 5.09. The van der Waals surface area contributed by atoms with Crippen LogP contribution in [0, 0.1) is 5.92 Å². The summed E-state index contributed by atoms with van der Waals surface area (Å²) >= 11 is 0. The summed E-state index contributed by atoms with van der Waals surface area (Å²) < 4.78 is 0. The van der Waals surface area contributed by atoms with Crippen molar-refractivity contribution in [3.63, 3.8) is 0 Å². The van der Waals surface area contributed by atoms with Gasteiger partial charge in [-0.05, 0) is 38.0 Å². The minimum Gasteiger partial charge on any atom is -0.389 e. The fraction of sp³-hybridized carbons (Fsp3) is 0.933. The lowest BCUT2D eigenvalue weighted by Crippen LogP contribution is -2.43. The van der Waals surface area contributed by atoms with Gasteiger partial charge in [-0.3, -0.25) is 4.79 Å². The molecule has 1 amide bonds. The fourth-order valence-corrected chi connectivity index (χ4v) is 3.85. The Morgan fingerprint density at radius 1 is 1.28 bits per heavy atom. The molecule has 1 N–H and O–H groups in total. The van der Waals surface area contributed by atoms with E-state index in [1.165, 1.54) is 19.3 Å². The van der Waals surface area contributed by atoms with Crippen LogP contribution < -0.4 is 0 Å². The Kier molecular flexibility index (Phi) is 4.31. The van der Waals surface area contributed by atoms with Gasteiger partial charge in [-0.1, -0.05) is 26.7 Å². The Labute approximate surface area is 111 Å². The summed E-state index contributed by atoms with van der Waals surface area (Å²) in [4.78, 5) is 14.4. The monoisotopic (exact) mass is 253 g/mol. The molecule has 0 aromatic heterocycles. The second kappa shape index (κ2) is 5.60. The van der Waals surface area contributed by atoms with Gasteiger partial charge in [0.2, 0.25) is 5.91 Å². The minimum absolute atomic E-state index is 0.187. The molecule has 2 atom stereocenters.